The molecule has 0 bridgehead atoms. The van der Waals surface area contributed by atoms with Gasteiger partial charge >= 0.3 is 5.97 Å². The van der Waals surface area contributed by atoms with Gasteiger partial charge < -0.3 is 14.7 Å². The zero-order valence-corrected chi connectivity index (χ0v) is 19.2. The Balaban J connectivity index is 1.25. The van der Waals surface area contributed by atoms with Crippen molar-refractivity contribution in [2.75, 3.05) is 26.2 Å². The van der Waals surface area contributed by atoms with Crippen LogP contribution in [0.2, 0.25) is 5.02 Å². The number of aliphatic carboxylic acids is 1. The Bertz CT molecular complexity index is 983. The predicted octanol–water partition coefficient (Wildman–Crippen LogP) is 5.71. The Kier molecular flexibility index (Phi) is 5.93. The van der Waals surface area contributed by atoms with E-state index in [1.54, 1.807) is 0 Å². The van der Waals surface area contributed by atoms with Crippen molar-refractivity contribution < 1.29 is 14.6 Å². The predicted molar refractivity (Wildman–Crippen MR) is 125 cm³/mol. The largest absolute Gasteiger partial charge is 0.492 e. The van der Waals surface area contributed by atoms with Gasteiger partial charge in [0.1, 0.15) is 5.75 Å². The van der Waals surface area contributed by atoms with Crippen LogP contribution >= 0.6 is 23.4 Å². The Morgan fingerprint density at radius 1 is 1.23 bits per heavy atom. The maximum absolute atomic E-state index is 10.8. The van der Waals surface area contributed by atoms with Crippen molar-refractivity contribution in [2.24, 2.45) is 0 Å². The number of nitrogens with zero attached hydrogens (tertiary/aromatic N) is 1. The van der Waals surface area contributed by atoms with Crippen LogP contribution in [0, 0.1) is 0 Å². The van der Waals surface area contributed by atoms with Crippen molar-refractivity contribution in [3.05, 3.63) is 58.1 Å². The molecule has 3 aliphatic rings. The number of hydrogen-bond donors (Lipinski definition) is 1. The van der Waals surface area contributed by atoms with Crippen molar-refractivity contribution in [1.82, 2.24) is 4.90 Å². The van der Waals surface area contributed by atoms with Gasteiger partial charge in [0, 0.05) is 33.2 Å². The highest BCUT2D eigenvalue weighted by atomic mass is 35.5. The molecule has 6 heteroatoms. The van der Waals surface area contributed by atoms with E-state index in [9.17, 15) is 4.79 Å². The molecule has 164 valence electrons. The molecule has 0 radical (unpaired) electrons. The molecule has 0 aromatic heterocycles. The molecule has 2 fully saturated rings. The molecule has 0 unspecified atom stereocenters. The van der Waals surface area contributed by atoms with Gasteiger partial charge in [-0.15, -0.1) is 11.8 Å². The SMILES string of the molecule is O=C(O)CCN1CCC2(CC1)COc1cc(SCc3c(Cl)cccc3C3CC3)ccc12. The first-order valence-electron chi connectivity index (χ1n) is 11.2. The van der Waals surface area contributed by atoms with Crippen LogP contribution in [-0.2, 0) is 16.0 Å². The molecule has 1 aliphatic carbocycles. The fraction of sp³-hybridized carbons (Fsp3) is 0.480. The number of fused-ring (bicyclic) bond motifs is 2. The number of thioether (sulfide) groups is 1. The summed E-state index contributed by atoms with van der Waals surface area (Å²) in [6, 6.07) is 13.0. The minimum Gasteiger partial charge on any atom is -0.492 e. The third kappa shape index (κ3) is 4.46. The molecule has 0 atom stereocenters. The summed E-state index contributed by atoms with van der Waals surface area (Å²) >= 11 is 8.37. The Morgan fingerprint density at radius 2 is 2.03 bits per heavy atom. The monoisotopic (exact) mass is 457 g/mol. The molecule has 2 aromatic carbocycles. The van der Waals surface area contributed by atoms with Crippen LogP contribution in [0.1, 0.15) is 54.7 Å². The van der Waals surface area contributed by atoms with E-state index in [1.165, 1.54) is 34.4 Å². The van der Waals surface area contributed by atoms with Crippen molar-refractivity contribution in [3.8, 4) is 5.75 Å². The number of piperidine rings is 1. The van der Waals surface area contributed by atoms with Gasteiger partial charge in [-0.2, -0.15) is 0 Å². The molecule has 2 heterocycles. The highest BCUT2D eigenvalue weighted by molar-refractivity contribution is 7.98. The van der Waals surface area contributed by atoms with Crippen LogP contribution in [-0.4, -0.2) is 42.2 Å². The first-order chi connectivity index (χ1) is 15.0. The summed E-state index contributed by atoms with van der Waals surface area (Å²) in [5.41, 5.74) is 4.11. The highest BCUT2D eigenvalue weighted by Gasteiger charge is 2.43. The van der Waals surface area contributed by atoms with Gasteiger partial charge in [-0.25, -0.2) is 0 Å². The fourth-order valence-corrected chi connectivity index (χ4v) is 6.29. The second kappa shape index (κ2) is 8.68. The molecular formula is C25H28ClNO3S. The van der Waals surface area contributed by atoms with E-state index < -0.39 is 5.97 Å². The molecule has 1 saturated carbocycles. The fourth-order valence-electron chi connectivity index (χ4n) is 4.98. The Morgan fingerprint density at radius 3 is 2.77 bits per heavy atom. The van der Waals surface area contributed by atoms with Gasteiger partial charge in [0.15, 0.2) is 0 Å². The number of hydrogen-bond acceptors (Lipinski definition) is 4. The molecule has 1 spiro atoms. The van der Waals surface area contributed by atoms with E-state index in [2.05, 4.69) is 35.2 Å². The molecule has 2 aliphatic heterocycles. The van der Waals surface area contributed by atoms with Gasteiger partial charge in [0.25, 0.3) is 0 Å². The maximum atomic E-state index is 10.8. The van der Waals surface area contributed by atoms with Crippen LogP contribution in [0.25, 0.3) is 0 Å². The van der Waals surface area contributed by atoms with E-state index in [0.29, 0.717) is 12.5 Å². The molecule has 2 aromatic rings. The normalized spacial score (nSPS) is 19.9. The lowest BCUT2D eigenvalue weighted by Crippen LogP contribution is -2.44. The number of benzene rings is 2. The number of halogens is 1. The summed E-state index contributed by atoms with van der Waals surface area (Å²) in [5, 5.41) is 9.80. The number of carbonyl (C=O) groups is 1. The maximum Gasteiger partial charge on any atom is 0.304 e. The topological polar surface area (TPSA) is 49.8 Å². The number of likely N-dealkylation sites (tertiary alicyclic amines) is 1. The molecule has 31 heavy (non-hydrogen) atoms. The van der Waals surface area contributed by atoms with Crippen LogP contribution in [0.4, 0.5) is 0 Å². The van der Waals surface area contributed by atoms with E-state index in [1.807, 2.05) is 17.8 Å². The summed E-state index contributed by atoms with van der Waals surface area (Å²) < 4.78 is 6.16. The van der Waals surface area contributed by atoms with Crippen LogP contribution in [0.15, 0.2) is 41.3 Å². The zero-order chi connectivity index (χ0) is 21.4. The van der Waals surface area contributed by atoms with Gasteiger partial charge in [0.05, 0.1) is 13.0 Å². The van der Waals surface area contributed by atoms with Crippen molar-refractivity contribution in [1.29, 1.82) is 0 Å². The highest BCUT2D eigenvalue weighted by Crippen LogP contribution is 2.48. The number of rotatable bonds is 7. The average molecular weight is 458 g/mol. The quantitative estimate of drug-likeness (QED) is 0.539. The first kappa shape index (κ1) is 21.2. The molecule has 4 nitrogen and oxygen atoms in total. The zero-order valence-electron chi connectivity index (χ0n) is 17.6. The second-order valence-corrected chi connectivity index (χ2v) is 10.5. The van der Waals surface area contributed by atoms with Crippen molar-refractivity contribution in [2.45, 2.75) is 54.1 Å². The average Bonchev–Trinajstić information content (AvgIpc) is 3.56. The van der Waals surface area contributed by atoms with Gasteiger partial charge in [-0.05, 0) is 74.0 Å². The third-order valence-corrected chi connectivity index (χ3v) is 8.41. The number of carboxylic acids is 1. The molecule has 1 saturated heterocycles. The Hall–Kier alpha value is -1.69. The van der Waals surface area contributed by atoms with E-state index in [-0.39, 0.29) is 11.8 Å². The third-order valence-electron chi connectivity index (χ3n) is 7.04. The first-order valence-corrected chi connectivity index (χ1v) is 12.5. The second-order valence-electron chi connectivity index (χ2n) is 9.08. The number of ether oxygens (including phenoxy) is 1. The van der Waals surface area contributed by atoms with Gasteiger partial charge in [-0.3, -0.25) is 4.79 Å². The summed E-state index contributed by atoms with van der Waals surface area (Å²) in [6.07, 6.45) is 4.82. The number of carboxylic acid groups (broad SMARTS) is 1. The van der Waals surface area contributed by atoms with Gasteiger partial charge in [0.2, 0.25) is 0 Å². The van der Waals surface area contributed by atoms with E-state index >= 15 is 0 Å². The minimum absolute atomic E-state index is 0.0835. The van der Waals surface area contributed by atoms with Crippen molar-refractivity contribution in [3.63, 3.8) is 0 Å². The van der Waals surface area contributed by atoms with Gasteiger partial charge in [-0.1, -0.05) is 29.8 Å². The molecular weight excluding hydrogens is 430 g/mol. The van der Waals surface area contributed by atoms with Crippen molar-refractivity contribution >= 4 is 29.3 Å². The molecule has 1 N–H and O–H groups in total. The lowest BCUT2D eigenvalue weighted by atomic mass is 9.74. The lowest BCUT2D eigenvalue weighted by molar-refractivity contribution is -0.137. The summed E-state index contributed by atoms with van der Waals surface area (Å²) in [4.78, 5) is 14.3. The molecule has 5 rings (SSSR count). The smallest absolute Gasteiger partial charge is 0.304 e. The summed E-state index contributed by atoms with van der Waals surface area (Å²) in [5.74, 6) is 1.87. The van der Waals surface area contributed by atoms with E-state index in [0.717, 1.165) is 49.1 Å². The van der Waals surface area contributed by atoms with Crippen LogP contribution < -0.4 is 4.74 Å². The minimum atomic E-state index is -0.721. The standard InChI is InChI=1S/C25H28ClNO3S/c26-22-3-1-2-19(17-4-5-17)20(22)15-31-18-6-7-21-23(14-18)30-16-25(21)9-12-27(13-10-25)11-8-24(28)29/h1-3,6-7,14,17H,4-5,8-13,15-16H2,(H,28,29). The van der Waals surface area contributed by atoms with Crippen LogP contribution in [0.5, 0.6) is 5.75 Å². The molecule has 0 amide bonds. The summed E-state index contributed by atoms with van der Waals surface area (Å²) in [6.45, 7) is 3.24. The summed E-state index contributed by atoms with van der Waals surface area (Å²) in [7, 11) is 0. The lowest BCUT2D eigenvalue weighted by Gasteiger charge is -2.38. The Labute approximate surface area is 192 Å². The van der Waals surface area contributed by atoms with E-state index in [4.69, 9.17) is 21.4 Å². The van der Waals surface area contributed by atoms with Crippen LogP contribution in [0.3, 0.4) is 0 Å².